The summed E-state index contributed by atoms with van der Waals surface area (Å²) in [6, 6.07) is 4.96. The van der Waals surface area contributed by atoms with Crippen LogP contribution in [0.4, 0.5) is 5.69 Å². The maximum Gasteiger partial charge on any atom is 0.304 e. The number of nitrogens with one attached hydrogen (secondary N) is 1. The number of nitrogens with two attached hydrogens (primary N) is 1. The Morgan fingerprint density at radius 1 is 1.33 bits per heavy atom. The van der Waals surface area contributed by atoms with Crippen molar-refractivity contribution >= 4 is 31.9 Å². The van der Waals surface area contributed by atoms with Crippen molar-refractivity contribution in [1.29, 1.82) is 0 Å². The fourth-order valence-electron chi connectivity index (χ4n) is 1.34. The molecule has 0 aliphatic rings. The molecular weight excluding hydrogens is 322 g/mol. The van der Waals surface area contributed by atoms with E-state index >= 15 is 0 Å². The molecule has 1 aromatic carbocycles. The molecule has 1 rings (SSSR count). The van der Waals surface area contributed by atoms with E-state index in [1.165, 1.54) is 25.2 Å². The minimum Gasteiger partial charge on any atom is -0.481 e. The second-order valence-electron chi connectivity index (χ2n) is 4.15. The van der Waals surface area contributed by atoms with Crippen molar-refractivity contribution in [2.45, 2.75) is 11.3 Å². The molecular formula is C10H15N3O6S2. The lowest BCUT2D eigenvalue weighted by atomic mass is 10.3. The summed E-state index contributed by atoms with van der Waals surface area (Å²) in [7, 11) is -6.73. The van der Waals surface area contributed by atoms with Gasteiger partial charge in [-0.1, -0.05) is 6.07 Å². The standard InChI is InChI=1S/C10H15N3O6S2/c1-13(6-5-10(14)15)21(18,19)12-8-3-2-4-9(7-8)20(11,16)17/h2-4,7,12H,5-6H2,1H3,(H,14,15)(H2,11,16,17). The largest absolute Gasteiger partial charge is 0.481 e. The van der Waals surface area contributed by atoms with Gasteiger partial charge in [-0.2, -0.15) is 12.7 Å². The highest BCUT2D eigenvalue weighted by molar-refractivity contribution is 7.90. The van der Waals surface area contributed by atoms with Crippen molar-refractivity contribution in [2.75, 3.05) is 18.3 Å². The molecule has 9 nitrogen and oxygen atoms in total. The van der Waals surface area contributed by atoms with Crippen molar-refractivity contribution in [2.24, 2.45) is 5.14 Å². The smallest absolute Gasteiger partial charge is 0.304 e. The van der Waals surface area contributed by atoms with Gasteiger partial charge in [0.25, 0.3) is 0 Å². The van der Waals surface area contributed by atoms with E-state index in [1.54, 1.807) is 0 Å². The van der Waals surface area contributed by atoms with E-state index in [0.29, 0.717) is 0 Å². The van der Waals surface area contributed by atoms with Gasteiger partial charge in [-0.3, -0.25) is 9.52 Å². The van der Waals surface area contributed by atoms with Gasteiger partial charge in [0, 0.05) is 13.6 Å². The number of rotatable bonds is 7. The molecule has 0 aliphatic carbocycles. The Kier molecular flexibility index (Phi) is 5.28. The first-order valence-corrected chi connectivity index (χ1v) is 8.60. The molecule has 0 aliphatic heterocycles. The average Bonchev–Trinajstić information content (AvgIpc) is 2.34. The van der Waals surface area contributed by atoms with E-state index < -0.39 is 26.2 Å². The number of sulfonamides is 1. The SMILES string of the molecule is CN(CCC(=O)O)S(=O)(=O)Nc1cccc(S(N)(=O)=O)c1. The highest BCUT2D eigenvalue weighted by atomic mass is 32.2. The van der Waals surface area contributed by atoms with Gasteiger partial charge in [-0.25, -0.2) is 13.6 Å². The van der Waals surface area contributed by atoms with Crippen LogP contribution >= 0.6 is 0 Å². The third-order valence-electron chi connectivity index (χ3n) is 2.46. The molecule has 1 aromatic rings. The molecule has 0 spiro atoms. The normalized spacial score (nSPS) is 12.3. The van der Waals surface area contributed by atoms with Gasteiger partial charge >= 0.3 is 16.2 Å². The summed E-state index contributed by atoms with van der Waals surface area (Å²) in [5.41, 5.74) is 0.00343. The van der Waals surface area contributed by atoms with Crippen LogP contribution in [0.2, 0.25) is 0 Å². The Morgan fingerprint density at radius 2 is 1.95 bits per heavy atom. The first-order chi connectivity index (χ1) is 9.52. The number of anilines is 1. The van der Waals surface area contributed by atoms with Crippen molar-refractivity contribution in [3.8, 4) is 0 Å². The Morgan fingerprint density at radius 3 is 2.48 bits per heavy atom. The lowest BCUT2D eigenvalue weighted by Gasteiger charge is -2.17. The third kappa shape index (κ3) is 5.30. The highest BCUT2D eigenvalue weighted by Crippen LogP contribution is 2.16. The van der Waals surface area contributed by atoms with Crippen molar-refractivity contribution < 1.29 is 26.7 Å². The lowest BCUT2D eigenvalue weighted by molar-refractivity contribution is -0.137. The highest BCUT2D eigenvalue weighted by Gasteiger charge is 2.19. The molecule has 0 bridgehead atoms. The predicted octanol–water partition coefficient (Wildman–Crippen LogP) is -0.603. The van der Waals surface area contributed by atoms with Gasteiger partial charge in [0.1, 0.15) is 0 Å². The minimum atomic E-state index is -3.99. The Labute approximate surface area is 122 Å². The Balaban J connectivity index is 2.92. The number of hydrogen-bond acceptors (Lipinski definition) is 5. The maximum absolute atomic E-state index is 11.9. The number of carboxylic acids is 1. The second-order valence-corrected chi connectivity index (χ2v) is 7.48. The summed E-state index contributed by atoms with van der Waals surface area (Å²) in [6.07, 6.45) is -0.353. The van der Waals surface area contributed by atoms with Crippen molar-refractivity contribution in [1.82, 2.24) is 4.31 Å². The Bertz CT molecular complexity index is 729. The summed E-state index contributed by atoms with van der Waals surface area (Å²) >= 11 is 0. The zero-order valence-corrected chi connectivity index (χ0v) is 12.7. The number of nitrogens with zero attached hydrogens (tertiary/aromatic N) is 1. The molecule has 0 saturated carbocycles. The van der Waals surface area contributed by atoms with Crippen LogP contribution in [0.1, 0.15) is 6.42 Å². The maximum atomic E-state index is 11.9. The summed E-state index contributed by atoms with van der Waals surface area (Å²) in [6.45, 7) is -0.223. The summed E-state index contributed by atoms with van der Waals surface area (Å²) < 4.78 is 49.2. The summed E-state index contributed by atoms with van der Waals surface area (Å²) in [4.78, 5) is 10.2. The predicted molar refractivity (Wildman–Crippen MR) is 75.2 cm³/mol. The van der Waals surface area contributed by atoms with Crippen LogP contribution in [-0.2, 0) is 25.0 Å². The van der Waals surface area contributed by atoms with Gasteiger partial charge in [0.2, 0.25) is 10.0 Å². The number of primary sulfonamides is 1. The van der Waals surface area contributed by atoms with Crippen LogP contribution in [0, 0.1) is 0 Å². The molecule has 0 fully saturated rings. The molecule has 118 valence electrons. The summed E-state index contributed by atoms with van der Waals surface area (Å²) in [5.74, 6) is -1.13. The van der Waals surface area contributed by atoms with Gasteiger partial charge in [-0.15, -0.1) is 0 Å². The fourth-order valence-corrected chi connectivity index (χ4v) is 2.81. The molecule has 21 heavy (non-hydrogen) atoms. The van der Waals surface area contributed by atoms with Crippen LogP contribution in [0.25, 0.3) is 0 Å². The van der Waals surface area contributed by atoms with E-state index in [-0.39, 0.29) is 23.5 Å². The first kappa shape index (κ1) is 17.4. The van der Waals surface area contributed by atoms with Crippen LogP contribution in [0.5, 0.6) is 0 Å². The van der Waals surface area contributed by atoms with Gasteiger partial charge in [0.15, 0.2) is 0 Å². The molecule has 0 atom stereocenters. The first-order valence-electron chi connectivity index (χ1n) is 5.61. The Hall–Kier alpha value is -1.69. The van der Waals surface area contributed by atoms with E-state index in [0.717, 1.165) is 10.4 Å². The quantitative estimate of drug-likeness (QED) is 0.605. The fraction of sp³-hybridized carbons (Fsp3) is 0.300. The zero-order valence-electron chi connectivity index (χ0n) is 11.1. The van der Waals surface area contributed by atoms with Gasteiger partial charge in [-0.05, 0) is 18.2 Å². The molecule has 0 saturated heterocycles. The van der Waals surface area contributed by atoms with Crippen molar-refractivity contribution in [3.63, 3.8) is 0 Å². The van der Waals surface area contributed by atoms with Crippen LogP contribution in [0.15, 0.2) is 29.2 Å². The lowest BCUT2D eigenvalue weighted by Crippen LogP contribution is -2.34. The topological polar surface area (TPSA) is 147 Å². The molecule has 0 unspecified atom stereocenters. The molecule has 0 aromatic heterocycles. The third-order valence-corrected chi connectivity index (χ3v) is 4.87. The number of carbonyl (C=O) groups is 1. The average molecular weight is 337 g/mol. The van der Waals surface area contributed by atoms with Crippen LogP contribution in [0.3, 0.4) is 0 Å². The van der Waals surface area contributed by atoms with E-state index in [1.807, 2.05) is 0 Å². The molecule has 0 radical (unpaired) electrons. The molecule has 11 heteroatoms. The second kappa shape index (κ2) is 6.39. The number of carboxylic acid groups (broad SMARTS) is 1. The van der Waals surface area contributed by atoms with E-state index in [4.69, 9.17) is 10.2 Å². The number of aliphatic carboxylic acids is 1. The monoisotopic (exact) mass is 337 g/mol. The zero-order chi connectivity index (χ0) is 16.3. The van der Waals surface area contributed by atoms with E-state index in [9.17, 15) is 21.6 Å². The molecule has 0 amide bonds. The molecule has 4 N–H and O–H groups in total. The number of benzene rings is 1. The number of hydrogen-bond donors (Lipinski definition) is 3. The van der Waals surface area contributed by atoms with Crippen LogP contribution in [-0.4, -0.2) is 45.8 Å². The van der Waals surface area contributed by atoms with Crippen LogP contribution < -0.4 is 9.86 Å². The van der Waals surface area contributed by atoms with Gasteiger partial charge < -0.3 is 5.11 Å². The van der Waals surface area contributed by atoms with Crippen molar-refractivity contribution in [3.05, 3.63) is 24.3 Å². The molecule has 0 heterocycles. The van der Waals surface area contributed by atoms with E-state index in [2.05, 4.69) is 4.72 Å². The summed E-state index contributed by atoms with van der Waals surface area (Å²) in [5, 5.41) is 13.5. The minimum absolute atomic E-state index is 0.00343. The van der Waals surface area contributed by atoms with Gasteiger partial charge in [0.05, 0.1) is 17.0 Å².